The number of nitrogens with one attached hydrogen (secondary N) is 1. The summed E-state index contributed by atoms with van der Waals surface area (Å²) in [5.41, 5.74) is 3.00. The fourth-order valence-electron chi connectivity index (χ4n) is 2.59. The van der Waals surface area contributed by atoms with Gasteiger partial charge in [-0.15, -0.1) is 0 Å². The van der Waals surface area contributed by atoms with Gasteiger partial charge in [-0.3, -0.25) is 0 Å². The van der Waals surface area contributed by atoms with Crippen molar-refractivity contribution < 1.29 is 13.9 Å². The van der Waals surface area contributed by atoms with Crippen LogP contribution in [-0.4, -0.2) is 12.2 Å². The van der Waals surface area contributed by atoms with Gasteiger partial charge in [0, 0.05) is 19.4 Å². The lowest BCUT2D eigenvalue weighted by Crippen LogP contribution is -2.28. The number of amides is 1. The normalized spacial score (nSPS) is 16.3. The molecule has 21 heavy (non-hydrogen) atoms. The van der Waals surface area contributed by atoms with Crippen molar-refractivity contribution in [3.63, 3.8) is 0 Å². The minimum absolute atomic E-state index is 0.211. The fraction of sp³-hybridized carbons (Fsp3) is 0.235. The van der Waals surface area contributed by atoms with Crippen molar-refractivity contribution >= 4 is 6.09 Å². The summed E-state index contributed by atoms with van der Waals surface area (Å²) in [4.78, 5) is 11.8. The highest BCUT2D eigenvalue weighted by atomic mass is 19.1. The second-order valence-electron chi connectivity index (χ2n) is 5.19. The lowest BCUT2D eigenvalue weighted by Gasteiger charge is -2.12. The second-order valence-corrected chi connectivity index (χ2v) is 5.19. The minimum atomic E-state index is -0.433. The smallest absolute Gasteiger partial charge is 0.407 e. The second kappa shape index (κ2) is 5.95. The van der Waals surface area contributed by atoms with E-state index in [0.717, 1.165) is 16.7 Å². The van der Waals surface area contributed by atoms with Gasteiger partial charge in [0.15, 0.2) is 0 Å². The number of hydrogen-bond donors (Lipinski definition) is 1. The third kappa shape index (κ3) is 3.40. The number of fused-ring (bicyclic) bond motifs is 1. The monoisotopic (exact) mass is 285 g/mol. The van der Waals surface area contributed by atoms with E-state index in [2.05, 4.69) is 5.32 Å². The maximum absolute atomic E-state index is 13.1. The molecule has 108 valence electrons. The first-order valence-electron chi connectivity index (χ1n) is 6.96. The van der Waals surface area contributed by atoms with Crippen LogP contribution in [0.4, 0.5) is 9.18 Å². The van der Waals surface area contributed by atoms with E-state index in [1.807, 2.05) is 30.3 Å². The third-order valence-electron chi connectivity index (χ3n) is 3.62. The van der Waals surface area contributed by atoms with Gasteiger partial charge in [-0.2, -0.15) is 0 Å². The molecule has 0 spiro atoms. The lowest BCUT2D eigenvalue weighted by molar-refractivity contribution is 0.102. The highest BCUT2D eigenvalue weighted by Gasteiger charge is 2.24. The summed E-state index contributed by atoms with van der Waals surface area (Å²) in [6.07, 6.45) is 0.579. The first kappa shape index (κ1) is 13.6. The van der Waals surface area contributed by atoms with E-state index >= 15 is 0 Å². The number of hydrogen-bond acceptors (Lipinski definition) is 2. The van der Waals surface area contributed by atoms with Gasteiger partial charge in [-0.05, 0) is 28.8 Å². The SMILES string of the molecule is O=C(NCc1ccccc1)OC1Cc2ccc(F)cc2C1. The number of ether oxygens (including phenoxy) is 1. The van der Waals surface area contributed by atoms with Crippen LogP contribution in [-0.2, 0) is 24.1 Å². The van der Waals surface area contributed by atoms with Crippen molar-refractivity contribution in [2.75, 3.05) is 0 Å². The van der Waals surface area contributed by atoms with Crippen LogP contribution < -0.4 is 5.32 Å². The van der Waals surface area contributed by atoms with Crippen LogP contribution in [0.1, 0.15) is 16.7 Å². The molecule has 4 heteroatoms. The van der Waals surface area contributed by atoms with Crippen molar-refractivity contribution in [1.29, 1.82) is 0 Å². The molecule has 1 aliphatic rings. The van der Waals surface area contributed by atoms with Crippen LogP contribution in [0.15, 0.2) is 48.5 Å². The van der Waals surface area contributed by atoms with Gasteiger partial charge < -0.3 is 10.1 Å². The zero-order valence-corrected chi connectivity index (χ0v) is 11.5. The number of halogens is 1. The van der Waals surface area contributed by atoms with Gasteiger partial charge in [-0.25, -0.2) is 9.18 Å². The topological polar surface area (TPSA) is 38.3 Å². The maximum Gasteiger partial charge on any atom is 0.407 e. The Morgan fingerprint density at radius 2 is 1.90 bits per heavy atom. The minimum Gasteiger partial charge on any atom is -0.446 e. The highest BCUT2D eigenvalue weighted by molar-refractivity contribution is 5.67. The summed E-state index contributed by atoms with van der Waals surface area (Å²) in [7, 11) is 0. The molecule has 3 rings (SSSR count). The van der Waals surface area contributed by atoms with Gasteiger partial charge in [0.25, 0.3) is 0 Å². The maximum atomic E-state index is 13.1. The summed E-state index contributed by atoms with van der Waals surface area (Å²) in [6, 6.07) is 14.4. The molecule has 0 fully saturated rings. The van der Waals surface area contributed by atoms with Crippen LogP contribution in [0.2, 0.25) is 0 Å². The Hall–Kier alpha value is -2.36. The fourth-order valence-corrected chi connectivity index (χ4v) is 2.59. The Balaban J connectivity index is 1.51. The van der Waals surface area contributed by atoms with Crippen LogP contribution >= 0.6 is 0 Å². The molecule has 1 N–H and O–H groups in total. The highest BCUT2D eigenvalue weighted by Crippen LogP contribution is 2.24. The summed E-state index contributed by atoms with van der Waals surface area (Å²) in [5, 5.41) is 2.73. The van der Waals surface area contributed by atoms with E-state index in [-0.39, 0.29) is 11.9 Å². The molecule has 0 aromatic heterocycles. The standard InChI is InChI=1S/C17H16FNO2/c18-15-7-6-13-9-16(10-14(13)8-15)21-17(20)19-11-12-4-2-1-3-5-12/h1-8,16H,9-11H2,(H,19,20). The Morgan fingerprint density at radius 3 is 2.71 bits per heavy atom. The average molecular weight is 285 g/mol. The summed E-state index contributed by atoms with van der Waals surface area (Å²) < 4.78 is 18.5. The number of benzene rings is 2. The predicted octanol–water partition coefficient (Wildman–Crippen LogP) is 3.22. The average Bonchev–Trinajstić information content (AvgIpc) is 2.87. The van der Waals surface area contributed by atoms with Gasteiger partial charge in [0.2, 0.25) is 0 Å². The Labute approximate surface area is 122 Å². The van der Waals surface area contributed by atoms with Crippen molar-refractivity contribution in [2.45, 2.75) is 25.5 Å². The van der Waals surface area contributed by atoms with Crippen LogP contribution in [0.3, 0.4) is 0 Å². The number of alkyl carbamates (subject to hydrolysis) is 1. The van der Waals surface area contributed by atoms with E-state index in [0.29, 0.717) is 19.4 Å². The van der Waals surface area contributed by atoms with Crippen LogP contribution in [0.25, 0.3) is 0 Å². The largest absolute Gasteiger partial charge is 0.446 e. The number of carbonyl (C=O) groups excluding carboxylic acids is 1. The third-order valence-corrected chi connectivity index (χ3v) is 3.62. The first-order valence-corrected chi connectivity index (χ1v) is 6.96. The molecule has 0 aliphatic heterocycles. The van der Waals surface area contributed by atoms with E-state index in [9.17, 15) is 9.18 Å². The van der Waals surface area contributed by atoms with Crippen LogP contribution in [0.5, 0.6) is 0 Å². The quantitative estimate of drug-likeness (QED) is 0.940. The molecular weight excluding hydrogens is 269 g/mol. The van der Waals surface area contributed by atoms with Gasteiger partial charge in [0.1, 0.15) is 11.9 Å². The van der Waals surface area contributed by atoms with E-state index in [1.54, 1.807) is 6.07 Å². The molecule has 0 bridgehead atoms. The van der Waals surface area contributed by atoms with E-state index in [1.165, 1.54) is 12.1 Å². The zero-order valence-electron chi connectivity index (χ0n) is 11.5. The molecule has 2 aromatic rings. The van der Waals surface area contributed by atoms with E-state index < -0.39 is 6.09 Å². The Morgan fingerprint density at radius 1 is 1.14 bits per heavy atom. The summed E-state index contributed by atoms with van der Waals surface area (Å²) >= 11 is 0. The molecular formula is C17H16FNO2. The number of rotatable bonds is 3. The Kier molecular flexibility index (Phi) is 3.86. The molecule has 2 aromatic carbocycles. The van der Waals surface area contributed by atoms with Crippen molar-refractivity contribution in [1.82, 2.24) is 5.32 Å². The van der Waals surface area contributed by atoms with Crippen molar-refractivity contribution in [3.8, 4) is 0 Å². The molecule has 1 unspecified atom stereocenters. The molecule has 0 radical (unpaired) electrons. The molecule has 0 heterocycles. The number of carbonyl (C=O) groups is 1. The summed E-state index contributed by atoms with van der Waals surface area (Å²) in [5.74, 6) is -0.247. The molecule has 1 atom stereocenters. The van der Waals surface area contributed by atoms with Crippen molar-refractivity contribution in [2.24, 2.45) is 0 Å². The molecule has 1 amide bonds. The van der Waals surface area contributed by atoms with Crippen LogP contribution in [0, 0.1) is 5.82 Å². The van der Waals surface area contributed by atoms with Crippen molar-refractivity contribution in [3.05, 3.63) is 71.0 Å². The lowest BCUT2D eigenvalue weighted by atomic mass is 10.1. The molecule has 1 aliphatic carbocycles. The van der Waals surface area contributed by atoms with E-state index in [4.69, 9.17) is 4.74 Å². The molecule has 3 nitrogen and oxygen atoms in total. The molecule has 0 saturated heterocycles. The van der Waals surface area contributed by atoms with Gasteiger partial charge in [0.05, 0.1) is 0 Å². The molecule has 0 saturated carbocycles. The van der Waals surface area contributed by atoms with Gasteiger partial charge >= 0.3 is 6.09 Å². The zero-order chi connectivity index (χ0) is 14.7. The van der Waals surface area contributed by atoms with Gasteiger partial charge in [-0.1, -0.05) is 36.4 Å². The Bertz CT molecular complexity index is 642. The predicted molar refractivity (Wildman–Crippen MR) is 77.4 cm³/mol. The first-order chi connectivity index (χ1) is 10.2. The summed E-state index contributed by atoms with van der Waals surface area (Å²) in [6.45, 7) is 0.438.